The van der Waals surface area contributed by atoms with Crippen molar-refractivity contribution >= 4 is 32.7 Å². The molecule has 0 radical (unpaired) electrons. The number of methoxy groups -OCH3 is 1. The maximum atomic E-state index is 12.4. The van der Waals surface area contributed by atoms with E-state index in [-0.39, 0.29) is 30.7 Å². The Hall–Kier alpha value is -3.49. The Morgan fingerprint density at radius 3 is 2.65 bits per heavy atom. The molecule has 0 atom stereocenters. The Labute approximate surface area is 216 Å². The van der Waals surface area contributed by atoms with Crippen molar-refractivity contribution in [3.63, 3.8) is 0 Å². The van der Waals surface area contributed by atoms with E-state index < -0.39 is 15.4 Å². The number of pyridine rings is 1. The van der Waals surface area contributed by atoms with E-state index in [1.165, 1.54) is 4.31 Å². The number of aryl methyl sites for hydroxylation is 1. The molecule has 11 heteroatoms. The van der Waals surface area contributed by atoms with Crippen LogP contribution in [0.25, 0.3) is 22.2 Å². The molecular formula is C26H30N6O4S. The number of sulfonamides is 1. The van der Waals surface area contributed by atoms with Gasteiger partial charge in [0, 0.05) is 42.6 Å². The molecule has 0 bridgehead atoms. The van der Waals surface area contributed by atoms with Gasteiger partial charge in [-0.25, -0.2) is 17.7 Å². The highest BCUT2D eigenvalue weighted by atomic mass is 32.2. The quantitative estimate of drug-likeness (QED) is 0.504. The van der Waals surface area contributed by atoms with E-state index in [1.807, 2.05) is 31.3 Å². The molecule has 1 aliphatic heterocycles. The fourth-order valence-corrected chi connectivity index (χ4v) is 6.19. The standard InChI is InChI=1S/C26H30N6O4S/c1-4-37(34,35)32-12-10-26(16-27,11-13-32)20-7-5-6-18(24(20)36-3)23-19-14-22(29-25(33)17-8-9-17)28-15-21(19)31(2)30-23/h5-7,14-15,17H,4,8-13H2,1-3H3,(H,28,29,33). The van der Waals surface area contributed by atoms with Crippen molar-refractivity contribution in [2.24, 2.45) is 13.0 Å². The Morgan fingerprint density at radius 2 is 2.03 bits per heavy atom. The van der Waals surface area contributed by atoms with Crippen LogP contribution in [-0.2, 0) is 27.3 Å². The molecule has 1 saturated carbocycles. The van der Waals surface area contributed by atoms with Gasteiger partial charge in [0.2, 0.25) is 15.9 Å². The number of carbonyl (C=O) groups excluding carboxylic acids is 1. The summed E-state index contributed by atoms with van der Waals surface area (Å²) in [6, 6.07) is 9.95. The second-order valence-electron chi connectivity index (χ2n) is 9.70. The van der Waals surface area contributed by atoms with Crippen molar-refractivity contribution in [1.82, 2.24) is 19.1 Å². The largest absolute Gasteiger partial charge is 0.496 e. The first-order valence-corrected chi connectivity index (χ1v) is 14.0. The van der Waals surface area contributed by atoms with E-state index in [1.54, 1.807) is 24.9 Å². The highest BCUT2D eigenvalue weighted by molar-refractivity contribution is 7.89. The van der Waals surface area contributed by atoms with Crippen molar-refractivity contribution < 1.29 is 17.9 Å². The first-order chi connectivity index (χ1) is 17.7. The number of hydrogen-bond donors (Lipinski definition) is 1. The van der Waals surface area contributed by atoms with E-state index >= 15 is 0 Å². The molecule has 1 aromatic carbocycles. The summed E-state index contributed by atoms with van der Waals surface area (Å²) < 4.78 is 33.9. The molecule has 10 nitrogen and oxygen atoms in total. The van der Waals surface area contributed by atoms with Crippen LogP contribution in [0.4, 0.5) is 5.82 Å². The number of anilines is 1. The van der Waals surface area contributed by atoms with Crippen molar-refractivity contribution in [3.8, 4) is 23.1 Å². The van der Waals surface area contributed by atoms with Crippen LogP contribution >= 0.6 is 0 Å². The minimum atomic E-state index is -3.32. The lowest BCUT2D eigenvalue weighted by molar-refractivity contribution is -0.117. The Balaban J connectivity index is 1.56. The molecule has 3 aromatic rings. The number of aromatic nitrogens is 3. The molecule has 0 unspecified atom stereocenters. The highest BCUT2D eigenvalue weighted by Gasteiger charge is 2.41. The highest BCUT2D eigenvalue weighted by Crippen LogP contribution is 2.45. The molecule has 1 amide bonds. The van der Waals surface area contributed by atoms with Gasteiger partial charge < -0.3 is 10.1 Å². The molecular weight excluding hydrogens is 492 g/mol. The minimum absolute atomic E-state index is 0.0238. The number of fused-ring (bicyclic) bond motifs is 1. The van der Waals surface area contributed by atoms with E-state index in [0.717, 1.165) is 34.9 Å². The van der Waals surface area contributed by atoms with Gasteiger partial charge in [-0.05, 0) is 44.7 Å². The molecule has 5 rings (SSSR count). The Bertz CT molecular complexity index is 1510. The smallest absolute Gasteiger partial charge is 0.228 e. The number of nitrogens with one attached hydrogen (secondary N) is 1. The lowest BCUT2D eigenvalue weighted by Gasteiger charge is -2.37. The van der Waals surface area contributed by atoms with E-state index in [2.05, 4.69) is 16.4 Å². The second kappa shape index (κ2) is 9.43. The van der Waals surface area contributed by atoms with Gasteiger partial charge in [-0.3, -0.25) is 9.48 Å². The summed E-state index contributed by atoms with van der Waals surface area (Å²) in [5.74, 6) is 1.08. The number of nitrogens with zero attached hydrogens (tertiary/aromatic N) is 5. The van der Waals surface area contributed by atoms with Gasteiger partial charge >= 0.3 is 0 Å². The number of piperidine rings is 1. The second-order valence-corrected chi connectivity index (χ2v) is 12.0. The van der Waals surface area contributed by atoms with Crippen LogP contribution in [0.2, 0.25) is 0 Å². The summed E-state index contributed by atoms with van der Waals surface area (Å²) in [4.78, 5) is 16.7. The average molecular weight is 523 g/mol. The van der Waals surface area contributed by atoms with Crippen LogP contribution in [0.5, 0.6) is 5.75 Å². The zero-order valence-corrected chi connectivity index (χ0v) is 22.0. The van der Waals surface area contributed by atoms with Crippen LogP contribution < -0.4 is 10.1 Å². The molecule has 0 spiro atoms. The van der Waals surface area contributed by atoms with Crippen LogP contribution in [0.1, 0.15) is 38.2 Å². The van der Waals surface area contributed by atoms with Crippen LogP contribution in [0, 0.1) is 17.2 Å². The van der Waals surface area contributed by atoms with Gasteiger partial charge in [-0.2, -0.15) is 10.4 Å². The number of carbonyl (C=O) groups is 1. The van der Waals surface area contributed by atoms with Crippen LogP contribution in [0.3, 0.4) is 0 Å². The lowest BCUT2D eigenvalue weighted by atomic mass is 9.73. The van der Waals surface area contributed by atoms with Crippen molar-refractivity contribution in [2.45, 2.75) is 38.0 Å². The van der Waals surface area contributed by atoms with Gasteiger partial charge in [-0.15, -0.1) is 0 Å². The van der Waals surface area contributed by atoms with Gasteiger partial charge in [0.15, 0.2) is 0 Å². The fourth-order valence-electron chi connectivity index (χ4n) is 5.08. The van der Waals surface area contributed by atoms with Crippen LogP contribution in [-0.4, -0.2) is 59.3 Å². The molecule has 2 fully saturated rings. The predicted octanol–water partition coefficient (Wildman–Crippen LogP) is 3.20. The molecule has 2 aliphatic rings. The molecule has 3 heterocycles. The summed E-state index contributed by atoms with van der Waals surface area (Å²) in [6.45, 7) is 2.18. The molecule has 1 saturated heterocycles. The number of para-hydroxylation sites is 1. The van der Waals surface area contributed by atoms with E-state index in [4.69, 9.17) is 9.84 Å². The van der Waals surface area contributed by atoms with E-state index in [0.29, 0.717) is 30.1 Å². The molecule has 2 aromatic heterocycles. The monoisotopic (exact) mass is 522 g/mol. The number of ether oxygens (including phenoxy) is 1. The number of amides is 1. The van der Waals surface area contributed by atoms with Crippen LogP contribution in [0.15, 0.2) is 30.5 Å². The number of hydrogen-bond acceptors (Lipinski definition) is 7. The number of rotatable bonds is 7. The zero-order valence-electron chi connectivity index (χ0n) is 21.2. The van der Waals surface area contributed by atoms with Gasteiger partial charge in [0.05, 0.1) is 36.1 Å². The van der Waals surface area contributed by atoms with E-state index in [9.17, 15) is 18.5 Å². The first-order valence-electron chi connectivity index (χ1n) is 12.4. The van der Waals surface area contributed by atoms with Gasteiger partial charge in [0.1, 0.15) is 17.3 Å². The molecule has 1 aliphatic carbocycles. The Kier molecular flexibility index (Phi) is 6.41. The zero-order chi connectivity index (χ0) is 26.4. The number of benzene rings is 1. The maximum absolute atomic E-state index is 12.4. The van der Waals surface area contributed by atoms with Crippen molar-refractivity contribution in [1.29, 1.82) is 5.26 Å². The topological polar surface area (TPSA) is 130 Å². The normalized spacial score (nSPS) is 17.9. The summed E-state index contributed by atoms with van der Waals surface area (Å²) in [6.07, 6.45) is 4.23. The molecule has 194 valence electrons. The summed E-state index contributed by atoms with van der Waals surface area (Å²) in [7, 11) is 0.0733. The van der Waals surface area contributed by atoms with Crippen molar-refractivity contribution in [3.05, 3.63) is 36.0 Å². The first kappa shape index (κ1) is 25.2. The molecule has 37 heavy (non-hydrogen) atoms. The minimum Gasteiger partial charge on any atom is -0.496 e. The third-order valence-corrected chi connectivity index (χ3v) is 9.36. The predicted molar refractivity (Wildman–Crippen MR) is 139 cm³/mol. The van der Waals surface area contributed by atoms with Gasteiger partial charge in [-0.1, -0.05) is 12.1 Å². The summed E-state index contributed by atoms with van der Waals surface area (Å²) in [5.41, 5.74) is 1.99. The average Bonchev–Trinajstić information content (AvgIpc) is 3.72. The third-order valence-electron chi connectivity index (χ3n) is 7.47. The third kappa shape index (κ3) is 4.45. The Morgan fingerprint density at radius 1 is 1.30 bits per heavy atom. The van der Waals surface area contributed by atoms with Crippen molar-refractivity contribution in [2.75, 3.05) is 31.3 Å². The number of nitriles is 1. The SMILES string of the molecule is CCS(=O)(=O)N1CCC(C#N)(c2cccc(-c3nn(C)c4cnc(NC(=O)C5CC5)cc34)c2OC)CC1. The fraction of sp³-hybridized carbons (Fsp3) is 0.462. The molecule has 1 N–H and O–H groups in total. The lowest BCUT2D eigenvalue weighted by Crippen LogP contribution is -2.45. The maximum Gasteiger partial charge on any atom is 0.228 e. The van der Waals surface area contributed by atoms with Gasteiger partial charge in [0.25, 0.3) is 0 Å². The summed E-state index contributed by atoms with van der Waals surface area (Å²) in [5, 5.41) is 18.8. The summed E-state index contributed by atoms with van der Waals surface area (Å²) >= 11 is 0.